The van der Waals surface area contributed by atoms with Crippen molar-refractivity contribution in [1.82, 2.24) is 0 Å². The van der Waals surface area contributed by atoms with E-state index in [-0.39, 0.29) is 22.6 Å². The van der Waals surface area contributed by atoms with Gasteiger partial charge in [-0.2, -0.15) is 0 Å². The van der Waals surface area contributed by atoms with Gasteiger partial charge in [0.15, 0.2) is 29.0 Å². The molecule has 198 valence electrons. The number of rotatable bonds is 6. The molecule has 0 bridgehead atoms. The molecule has 0 radical (unpaired) electrons. The highest BCUT2D eigenvalue weighted by Crippen LogP contribution is 2.38. The minimum atomic E-state index is -5.32. The van der Waals surface area contributed by atoms with Crippen molar-refractivity contribution in [2.45, 2.75) is 51.5 Å². The Bertz CT molecular complexity index is 1230. The first-order valence-electron chi connectivity index (χ1n) is 11.6. The molecular weight excluding hydrogens is 508 g/mol. The zero-order valence-electron chi connectivity index (χ0n) is 19.6. The molecule has 0 heterocycles. The molecule has 0 saturated heterocycles. The Labute approximate surface area is 207 Å². The quantitative estimate of drug-likeness (QED) is 0.297. The Morgan fingerprint density at radius 1 is 0.730 bits per heavy atom. The maximum absolute atomic E-state index is 14.9. The van der Waals surface area contributed by atoms with E-state index in [2.05, 4.69) is 11.7 Å². The van der Waals surface area contributed by atoms with Crippen LogP contribution in [0.2, 0.25) is 0 Å². The predicted molar refractivity (Wildman–Crippen MR) is 119 cm³/mol. The minimum absolute atomic E-state index is 0.0123. The third-order valence-electron chi connectivity index (χ3n) is 6.45. The summed E-state index contributed by atoms with van der Waals surface area (Å²) in [6.45, 7) is 1.41. The smallest absolute Gasteiger partial charge is 0.483 e. The SMILES string of the molecule is CC1CCC(c2ccc(-c3cc(F)c(OCc4cc(F)c(OC(F)(F)F)c(F)c4)c(F)c3)c(F)c2)CC1. The average molecular weight is 530 g/mol. The van der Waals surface area contributed by atoms with Gasteiger partial charge in [-0.05, 0) is 71.7 Å². The third kappa shape index (κ3) is 6.34. The topological polar surface area (TPSA) is 18.5 Å². The van der Waals surface area contributed by atoms with Crippen LogP contribution in [0.5, 0.6) is 11.5 Å². The molecule has 1 aliphatic carbocycles. The normalized spacial score (nSPS) is 18.1. The third-order valence-corrected chi connectivity index (χ3v) is 6.45. The molecule has 0 aromatic heterocycles. The zero-order valence-corrected chi connectivity index (χ0v) is 19.6. The molecule has 1 saturated carbocycles. The Morgan fingerprint density at radius 3 is 1.84 bits per heavy atom. The van der Waals surface area contributed by atoms with E-state index in [1.807, 2.05) is 0 Å². The van der Waals surface area contributed by atoms with Gasteiger partial charge < -0.3 is 9.47 Å². The molecule has 1 fully saturated rings. The fraction of sp³-hybridized carbons (Fsp3) is 0.333. The van der Waals surface area contributed by atoms with Crippen LogP contribution in [0.15, 0.2) is 42.5 Å². The highest BCUT2D eigenvalue weighted by molar-refractivity contribution is 5.66. The van der Waals surface area contributed by atoms with E-state index in [4.69, 9.17) is 4.74 Å². The van der Waals surface area contributed by atoms with Gasteiger partial charge in [-0.25, -0.2) is 22.0 Å². The van der Waals surface area contributed by atoms with Gasteiger partial charge in [0.1, 0.15) is 12.4 Å². The van der Waals surface area contributed by atoms with Crippen LogP contribution in [-0.4, -0.2) is 6.36 Å². The van der Waals surface area contributed by atoms with Gasteiger partial charge >= 0.3 is 6.36 Å². The van der Waals surface area contributed by atoms with Crippen molar-refractivity contribution >= 4 is 0 Å². The Kier molecular flexibility index (Phi) is 7.66. The number of hydrogen-bond acceptors (Lipinski definition) is 2. The Balaban J connectivity index is 1.50. The van der Waals surface area contributed by atoms with Gasteiger partial charge in [-0.15, -0.1) is 13.2 Å². The van der Waals surface area contributed by atoms with Crippen LogP contribution in [0.4, 0.5) is 35.1 Å². The molecule has 0 amide bonds. The molecule has 0 spiro atoms. The summed E-state index contributed by atoms with van der Waals surface area (Å²) in [7, 11) is 0. The molecule has 3 aromatic rings. The Morgan fingerprint density at radius 2 is 1.30 bits per heavy atom. The van der Waals surface area contributed by atoms with Gasteiger partial charge in [-0.3, -0.25) is 0 Å². The van der Waals surface area contributed by atoms with Crippen molar-refractivity contribution < 1.29 is 44.6 Å². The summed E-state index contributed by atoms with van der Waals surface area (Å²) in [5, 5.41) is 0. The summed E-state index contributed by atoms with van der Waals surface area (Å²) >= 11 is 0. The summed E-state index contributed by atoms with van der Waals surface area (Å²) in [5.74, 6) is -8.06. The van der Waals surface area contributed by atoms with Crippen molar-refractivity contribution in [3.63, 3.8) is 0 Å². The molecular formula is C27H22F8O2. The zero-order chi connectivity index (χ0) is 26.9. The van der Waals surface area contributed by atoms with Gasteiger partial charge in [0.2, 0.25) is 5.75 Å². The van der Waals surface area contributed by atoms with Crippen LogP contribution >= 0.6 is 0 Å². The van der Waals surface area contributed by atoms with Gasteiger partial charge in [0.25, 0.3) is 0 Å². The van der Waals surface area contributed by atoms with Crippen LogP contribution in [0.1, 0.15) is 49.7 Å². The van der Waals surface area contributed by atoms with E-state index in [0.717, 1.165) is 43.4 Å². The highest BCUT2D eigenvalue weighted by Gasteiger charge is 2.34. The van der Waals surface area contributed by atoms with Crippen LogP contribution in [0.3, 0.4) is 0 Å². The Hall–Kier alpha value is -3.30. The second-order valence-electron chi connectivity index (χ2n) is 9.19. The minimum Gasteiger partial charge on any atom is -0.483 e. The van der Waals surface area contributed by atoms with Crippen LogP contribution in [-0.2, 0) is 6.61 Å². The number of ether oxygens (including phenoxy) is 2. The fourth-order valence-corrected chi connectivity index (χ4v) is 4.53. The molecule has 0 N–H and O–H groups in total. The monoisotopic (exact) mass is 530 g/mol. The standard InChI is InChI=1S/C27H22F8O2/c1-14-2-4-16(5-3-14)17-6-7-19(20(28)10-17)18-11-23(31)25(24(32)12-18)36-13-15-8-21(29)26(22(30)9-15)37-27(33,34)35/h6-12,14,16H,2-5,13H2,1H3. The first-order valence-corrected chi connectivity index (χ1v) is 11.6. The van der Waals surface area contributed by atoms with E-state index in [1.165, 1.54) is 12.1 Å². The molecule has 0 unspecified atom stereocenters. The molecule has 2 nitrogen and oxygen atoms in total. The van der Waals surface area contributed by atoms with Crippen LogP contribution < -0.4 is 9.47 Å². The second-order valence-corrected chi connectivity index (χ2v) is 9.19. The molecule has 37 heavy (non-hydrogen) atoms. The lowest BCUT2D eigenvalue weighted by Gasteiger charge is -2.26. The van der Waals surface area contributed by atoms with E-state index in [1.54, 1.807) is 6.07 Å². The summed E-state index contributed by atoms with van der Waals surface area (Å²) in [6, 6.07) is 7.28. The van der Waals surface area contributed by atoms with Crippen molar-refractivity contribution in [2.75, 3.05) is 0 Å². The van der Waals surface area contributed by atoms with E-state index in [0.29, 0.717) is 18.1 Å². The number of hydrogen-bond donors (Lipinski definition) is 0. The van der Waals surface area contributed by atoms with Gasteiger partial charge in [0, 0.05) is 5.56 Å². The summed E-state index contributed by atoms with van der Waals surface area (Å²) in [6.07, 6.45) is -1.32. The van der Waals surface area contributed by atoms with E-state index >= 15 is 0 Å². The molecule has 0 aliphatic heterocycles. The number of alkyl halides is 3. The number of halogens is 8. The summed E-state index contributed by atoms with van der Waals surface area (Å²) < 4.78 is 117. The molecule has 4 rings (SSSR count). The lowest BCUT2D eigenvalue weighted by atomic mass is 9.79. The van der Waals surface area contributed by atoms with Crippen molar-refractivity contribution in [3.05, 3.63) is 82.7 Å². The molecule has 3 aromatic carbocycles. The van der Waals surface area contributed by atoms with Crippen LogP contribution in [0.25, 0.3) is 11.1 Å². The average Bonchev–Trinajstić information content (AvgIpc) is 2.80. The maximum Gasteiger partial charge on any atom is 0.573 e. The lowest BCUT2D eigenvalue weighted by molar-refractivity contribution is -0.276. The van der Waals surface area contributed by atoms with Crippen molar-refractivity contribution in [3.8, 4) is 22.6 Å². The second kappa shape index (κ2) is 10.6. The fourth-order valence-electron chi connectivity index (χ4n) is 4.53. The molecule has 10 heteroatoms. The summed E-state index contributed by atoms with van der Waals surface area (Å²) in [5.41, 5.74) is 0.405. The van der Waals surface area contributed by atoms with Crippen molar-refractivity contribution in [1.29, 1.82) is 0 Å². The maximum atomic E-state index is 14.9. The lowest BCUT2D eigenvalue weighted by Crippen LogP contribution is -2.19. The van der Waals surface area contributed by atoms with E-state index in [9.17, 15) is 35.1 Å². The van der Waals surface area contributed by atoms with Gasteiger partial charge in [0.05, 0.1) is 0 Å². The molecule has 0 atom stereocenters. The summed E-state index contributed by atoms with van der Waals surface area (Å²) in [4.78, 5) is 0. The largest absolute Gasteiger partial charge is 0.573 e. The van der Waals surface area contributed by atoms with Crippen molar-refractivity contribution in [2.24, 2.45) is 5.92 Å². The molecule has 1 aliphatic rings. The predicted octanol–water partition coefficient (Wildman–Crippen LogP) is 8.82. The first kappa shape index (κ1) is 26.8. The highest BCUT2D eigenvalue weighted by atomic mass is 19.4. The van der Waals surface area contributed by atoms with Gasteiger partial charge in [-0.1, -0.05) is 31.9 Å². The first-order chi connectivity index (χ1) is 17.4. The number of benzene rings is 3. The van der Waals surface area contributed by atoms with E-state index < -0.39 is 53.6 Å². The van der Waals surface area contributed by atoms with Crippen LogP contribution in [0, 0.1) is 35.0 Å².